The van der Waals surface area contributed by atoms with Crippen molar-refractivity contribution in [3.63, 3.8) is 0 Å². The Bertz CT molecular complexity index is 388. The first kappa shape index (κ1) is 18.2. The van der Waals surface area contributed by atoms with Crippen LogP contribution in [0.1, 0.15) is 13.8 Å². The van der Waals surface area contributed by atoms with Crippen molar-refractivity contribution >= 4 is 46.1 Å². The lowest BCUT2D eigenvalue weighted by Crippen LogP contribution is -2.34. The van der Waals surface area contributed by atoms with Gasteiger partial charge in [-0.2, -0.15) is 10.2 Å². The molecule has 0 radical (unpaired) electrons. The van der Waals surface area contributed by atoms with Crippen LogP contribution in [0.3, 0.4) is 0 Å². The third kappa shape index (κ3) is 9.17. The van der Waals surface area contributed by atoms with Gasteiger partial charge in [0.2, 0.25) is 0 Å². The first-order valence-corrected chi connectivity index (χ1v) is 6.71. The number of hydrogen-bond donors (Lipinski definition) is 4. The zero-order valence-corrected chi connectivity index (χ0v) is 13.3. The van der Waals surface area contributed by atoms with Crippen molar-refractivity contribution in [3.8, 4) is 0 Å². The van der Waals surface area contributed by atoms with Crippen molar-refractivity contribution in [2.75, 3.05) is 13.1 Å². The number of nitrogens with zero attached hydrogens (tertiary/aromatic N) is 2. The van der Waals surface area contributed by atoms with Crippen molar-refractivity contribution in [3.05, 3.63) is 25.3 Å². The van der Waals surface area contributed by atoms with E-state index in [0.717, 1.165) is 0 Å². The molecular weight excluding hydrogens is 292 g/mol. The lowest BCUT2D eigenvalue weighted by molar-refractivity contribution is 0.930. The van der Waals surface area contributed by atoms with Crippen molar-refractivity contribution in [2.45, 2.75) is 13.8 Å². The molecule has 0 aliphatic carbocycles. The number of nitrogens with one attached hydrogen (secondary N) is 4. The Balaban J connectivity index is 4.26. The molecule has 0 atom stereocenters. The number of thiocarbonyl (C=S) groups is 2. The summed E-state index contributed by atoms with van der Waals surface area (Å²) in [4.78, 5) is 0. The first-order valence-electron chi connectivity index (χ1n) is 5.89. The van der Waals surface area contributed by atoms with Crippen LogP contribution in [0.4, 0.5) is 0 Å². The topological polar surface area (TPSA) is 72.8 Å². The molecule has 0 aromatic carbocycles. The molecule has 8 heteroatoms. The van der Waals surface area contributed by atoms with Gasteiger partial charge in [-0.15, -0.1) is 13.2 Å². The molecule has 0 amide bonds. The molecule has 0 aromatic rings. The van der Waals surface area contributed by atoms with Crippen molar-refractivity contribution in [2.24, 2.45) is 10.2 Å². The summed E-state index contributed by atoms with van der Waals surface area (Å²) in [5, 5.41) is 14.8. The van der Waals surface area contributed by atoms with Gasteiger partial charge in [0.25, 0.3) is 0 Å². The molecule has 6 nitrogen and oxygen atoms in total. The van der Waals surface area contributed by atoms with Gasteiger partial charge in [-0.1, -0.05) is 12.2 Å². The second kappa shape index (κ2) is 11.1. The van der Waals surface area contributed by atoms with Crippen LogP contribution in [-0.2, 0) is 0 Å². The first-order chi connectivity index (χ1) is 9.51. The molecule has 0 spiro atoms. The Labute approximate surface area is 130 Å². The van der Waals surface area contributed by atoms with E-state index in [1.165, 1.54) is 0 Å². The van der Waals surface area contributed by atoms with Crippen molar-refractivity contribution < 1.29 is 0 Å². The van der Waals surface area contributed by atoms with Gasteiger partial charge >= 0.3 is 0 Å². The van der Waals surface area contributed by atoms with Gasteiger partial charge in [-0.05, 0) is 38.3 Å². The van der Waals surface area contributed by atoms with Crippen LogP contribution in [0.15, 0.2) is 35.5 Å². The van der Waals surface area contributed by atoms with Gasteiger partial charge in [-0.3, -0.25) is 10.9 Å². The van der Waals surface area contributed by atoms with E-state index >= 15 is 0 Å². The maximum atomic E-state index is 5.01. The summed E-state index contributed by atoms with van der Waals surface area (Å²) in [6.07, 6.45) is 3.41. The van der Waals surface area contributed by atoms with Crippen LogP contribution < -0.4 is 21.5 Å². The number of hydrazone groups is 2. The van der Waals surface area contributed by atoms with Crippen LogP contribution >= 0.6 is 24.4 Å². The molecular formula is C12H20N6S2. The second-order valence-electron chi connectivity index (χ2n) is 3.62. The average molecular weight is 312 g/mol. The maximum Gasteiger partial charge on any atom is 0.187 e. The minimum atomic E-state index is 0.424. The molecule has 110 valence electrons. The summed E-state index contributed by atoms with van der Waals surface area (Å²) in [6, 6.07) is 0. The monoisotopic (exact) mass is 312 g/mol. The zero-order valence-electron chi connectivity index (χ0n) is 11.7. The smallest absolute Gasteiger partial charge is 0.187 e. The predicted octanol–water partition coefficient (Wildman–Crippen LogP) is 1.04. The molecule has 0 aromatic heterocycles. The fourth-order valence-electron chi connectivity index (χ4n) is 0.840. The molecule has 0 aliphatic rings. The van der Waals surface area contributed by atoms with Crippen LogP contribution in [0, 0.1) is 0 Å². The average Bonchev–Trinajstić information content (AvgIpc) is 2.45. The lowest BCUT2D eigenvalue weighted by atomic mass is 10.3. The zero-order chi connectivity index (χ0) is 15.4. The molecule has 4 N–H and O–H groups in total. The van der Waals surface area contributed by atoms with Crippen LogP contribution in [0.25, 0.3) is 0 Å². The Hall–Kier alpha value is -1.80. The minimum absolute atomic E-state index is 0.424. The van der Waals surface area contributed by atoms with E-state index in [1.807, 2.05) is 13.8 Å². The summed E-state index contributed by atoms with van der Waals surface area (Å²) in [7, 11) is 0. The van der Waals surface area contributed by atoms with Gasteiger partial charge in [0.1, 0.15) is 0 Å². The van der Waals surface area contributed by atoms with E-state index in [2.05, 4.69) is 44.8 Å². The summed E-state index contributed by atoms with van der Waals surface area (Å²) in [5.41, 5.74) is 6.79. The largest absolute Gasteiger partial charge is 0.358 e. The summed E-state index contributed by atoms with van der Waals surface area (Å²) in [6.45, 7) is 11.9. The fourth-order valence-corrected chi connectivity index (χ4v) is 1.10. The van der Waals surface area contributed by atoms with E-state index in [0.29, 0.717) is 34.7 Å². The van der Waals surface area contributed by atoms with E-state index < -0.39 is 0 Å². The minimum Gasteiger partial charge on any atom is -0.358 e. The van der Waals surface area contributed by atoms with E-state index in [1.54, 1.807) is 12.2 Å². The van der Waals surface area contributed by atoms with Gasteiger partial charge in [0.05, 0.1) is 11.4 Å². The van der Waals surface area contributed by atoms with Crippen LogP contribution in [-0.4, -0.2) is 34.7 Å². The number of rotatable bonds is 7. The SMILES string of the molecule is C=CCNC(=S)N/N=C(C)\C(C)=N/NC(=S)NCC=C. The quantitative estimate of drug-likeness (QED) is 0.244. The van der Waals surface area contributed by atoms with E-state index in [4.69, 9.17) is 24.4 Å². The summed E-state index contributed by atoms with van der Waals surface area (Å²) < 4.78 is 0. The number of hydrogen-bond acceptors (Lipinski definition) is 4. The molecule has 0 saturated heterocycles. The third-order valence-corrected chi connectivity index (χ3v) is 2.46. The van der Waals surface area contributed by atoms with Crippen LogP contribution in [0.5, 0.6) is 0 Å². The molecule has 0 heterocycles. The van der Waals surface area contributed by atoms with Gasteiger partial charge < -0.3 is 10.6 Å². The fraction of sp³-hybridized carbons (Fsp3) is 0.333. The van der Waals surface area contributed by atoms with Crippen molar-refractivity contribution in [1.82, 2.24) is 21.5 Å². The van der Waals surface area contributed by atoms with E-state index in [9.17, 15) is 0 Å². The highest BCUT2D eigenvalue weighted by molar-refractivity contribution is 7.80. The predicted molar refractivity (Wildman–Crippen MR) is 94.1 cm³/mol. The molecule has 0 fully saturated rings. The summed E-state index contributed by atoms with van der Waals surface area (Å²) >= 11 is 10.0. The highest BCUT2D eigenvalue weighted by Crippen LogP contribution is 1.83. The molecule has 0 aliphatic heterocycles. The Morgan fingerprint density at radius 2 is 1.25 bits per heavy atom. The third-order valence-electron chi connectivity index (χ3n) is 1.99. The van der Waals surface area contributed by atoms with Crippen molar-refractivity contribution in [1.29, 1.82) is 0 Å². The normalized spacial score (nSPS) is 11.3. The van der Waals surface area contributed by atoms with E-state index in [-0.39, 0.29) is 0 Å². The highest BCUT2D eigenvalue weighted by Gasteiger charge is 1.99. The van der Waals surface area contributed by atoms with Gasteiger partial charge in [0, 0.05) is 13.1 Å². The molecule has 0 saturated carbocycles. The molecule has 0 rings (SSSR count). The Morgan fingerprint density at radius 1 is 0.900 bits per heavy atom. The Morgan fingerprint density at radius 3 is 1.55 bits per heavy atom. The van der Waals surface area contributed by atoms with Crippen LogP contribution in [0.2, 0.25) is 0 Å². The summed E-state index contributed by atoms with van der Waals surface area (Å²) in [5.74, 6) is 0. The highest BCUT2D eigenvalue weighted by atomic mass is 32.1. The lowest BCUT2D eigenvalue weighted by Gasteiger charge is -2.07. The maximum absolute atomic E-state index is 5.01. The molecule has 0 bridgehead atoms. The van der Waals surface area contributed by atoms with Gasteiger partial charge in [-0.25, -0.2) is 0 Å². The Kier molecular flexibility index (Phi) is 10.1. The van der Waals surface area contributed by atoms with Gasteiger partial charge in [0.15, 0.2) is 10.2 Å². The molecule has 0 unspecified atom stereocenters. The standard InChI is InChI=1S/C12H20N6S2/c1-5-7-13-11(19)17-15-9(3)10(4)16-18-12(20)14-8-6-2/h5-6H,1-2,7-8H2,3-4H3,(H2,13,17,19)(H2,14,18,20)/b15-9-,16-10-. The second-order valence-corrected chi connectivity index (χ2v) is 4.43. The molecule has 20 heavy (non-hydrogen) atoms.